The number of ketones is 1. The van der Waals surface area contributed by atoms with Gasteiger partial charge in [-0.05, 0) is 90.6 Å². The van der Waals surface area contributed by atoms with E-state index in [4.69, 9.17) is 10.5 Å². The Hall–Kier alpha value is -1.98. The fraction of sp³-hybridized carbons (Fsp3) is 0.697. The van der Waals surface area contributed by atoms with Gasteiger partial charge in [0.25, 0.3) is 0 Å². The van der Waals surface area contributed by atoms with Gasteiger partial charge in [0.15, 0.2) is 5.78 Å². The van der Waals surface area contributed by atoms with Gasteiger partial charge in [-0.1, -0.05) is 58.0 Å². The Kier molecular flexibility index (Phi) is 6.96. The zero-order valence-electron chi connectivity index (χ0n) is 24.1. The number of aliphatic hydroxyl groups excluding tert-OH is 1. The summed E-state index contributed by atoms with van der Waals surface area (Å²) in [4.78, 5) is 25.6. The predicted molar refractivity (Wildman–Crippen MR) is 149 cm³/mol. The van der Waals surface area contributed by atoms with Crippen LogP contribution in [0.25, 0.3) is 0 Å². The van der Waals surface area contributed by atoms with Crippen molar-refractivity contribution in [3.05, 3.63) is 47.0 Å². The van der Waals surface area contributed by atoms with Crippen molar-refractivity contribution in [1.29, 1.82) is 0 Å². The standard InChI is InChI=1S/C33H47NO4/c1-19-24-12-15-32(5)28(31(24,4)14-13-26(19)37)17-25(34)30-29(27(38-21(3)36)18-33(30,32)6)23(20(2)35)16-22-10-8-7-9-11-22/h7-11,19,24-28,30,37H,12-18,34H2,1-6H3/b29-23+/t19-,24-,25+,26+,27-,28-,30-,31-,32-,33-/m0/s1. The minimum absolute atomic E-state index is 0.00437. The molecule has 5 heteroatoms. The van der Waals surface area contributed by atoms with Crippen LogP contribution in [-0.4, -0.2) is 35.1 Å². The van der Waals surface area contributed by atoms with E-state index in [1.165, 1.54) is 6.92 Å². The monoisotopic (exact) mass is 521 g/mol. The van der Waals surface area contributed by atoms with Crippen LogP contribution in [0.5, 0.6) is 0 Å². The molecule has 1 aromatic rings. The van der Waals surface area contributed by atoms with Crippen LogP contribution in [0, 0.1) is 39.9 Å². The molecule has 5 nitrogen and oxygen atoms in total. The smallest absolute Gasteiger partial charge is 0.303 e. The fourth-order valence-electron chi connectivity index (χ4n) is 10.2. The first kappa shape index (κ1) is 27.6. The van der Waals surface area contributed by atoms with Crippen LogP contribution in [0.4, 0.5) is 0 Å². The number of hydrogen-bond donors (Lipinski definition) is 2. The van der Waals surface area contributed by atoms with E-state index in [0.29, 0.717) is 30.6 Å². The number of Topliss-reactive ketones (excluding diaryl/α,β-unsaturated/α-hetero) is 1. The van der Waals surface area contributed by atoms with Crippen molar-refractivity contribution < 1.29 is 19.4 Å². The molecular formula is C33H47NO4. The highest BCUT2D eigenvalue weighted by atomic mass is 16.5. The summed E-state index contributed by atoms with van der Waals surface area (Å²) >= 11 is 0. The average Bonchev–Trinajstić information content (AvgIpc) is 3.15. The summed E-state index contributed by atoms with van der Waals surface area (Å²) in [5.41, 5.74) is 9.93. The molecule has 3 N–H and O–H groups in total. The van der Waals surface area contributed by atoms with E-state index >= 15 is 0 Å². The van der Waals surface area contributed by atoms with Crippen molar-refractivity contribution in [3.63, 3.8) is 0 Å². The molecule has 0 unspecified atom stereocenters. The molecule has 4 saturated carbocycles. The second-order valence-electron chi connectivity index (χ2n) is 13.8. The third-order valence-electron chi connectivity index (χ3n) is 12.1. The lowest BCUT2D eigenvalue weighted by Crippen LogP contribution is -2.65. The first-order valence-electron chi connectivity index (χ1n) is 14.7. The molecule has 10 atom stereocenters. The molecule has 5 rings (SSSR count). The van der Waals surface area contributed by atoms with E-state index < -0.39 is 6.10 Å². The second-order valence-corrected chi connectivity index (χ2v) is 13.8. The number of carbonyl (C=O) groups excluding carboxylic acids is 2. The summed E-state index contributed by atoms with van der Waals surface area (Å²) in [7, 11) is 0. The Morgan fingerprint density at radius 3 is 2.37 bits per heavy atom. The molecule has 4 aliphatic carbocycles. The minimum atomic E-state index is -0.427. The molecule has 4 aliphatic rings. The van der Waals surface area contributed by atoms with Gasteiger partial charge in [0, 0.05) is 30.9 Å². The molecule has 0 heterocycles. The van der Waals surface area contributed by atoms with Crippen LogP contribution < -0.4 is 5.73 Å². The number of aliphatic hydroxyl groups is 1. The second kappa shape index (κ2) is 9.59. The summed E-state index contributed by atoms with van der Waals surface area (Å²) in [5, 5.41) is 10.7. The molecule has 0 amide bonds. The summed E-state index contributed by atoms with van der Waals surface area (Å²) in [6, 6.07) is 9.97. The summed E-state index contributed by atoms with van der Waals surface area (Å²) in [6.45, 7) is 12.6. The molecule has 0 saturated heterocycles. The van der Waals surface area contributed by atoms with Crippen LogP contribution in [0.3, 0.4) is 0 Å². The van der Waals surface area contributed by atoms with Crippen molar-refractivity contribution in [2.45, 2.75) is 105 Å². The molecule has 1 aromatic carbocycles. The zero-order valence-corrected chi connectivity index (χ0v) is 24.1. The molecule has 4 fully saturated rings. The van der Waals surface area contributed by atoms with Crippen LogP contribution in [-0.2, 0) is 20.7 Å². The number of esters is 1. The van der Waals surface area contributed by atoms with Crippen LogP contribution >= 0.6 is 0 Å². The predicted octanol–water partition coefficient (Wildman–Crippen LogP) is 5.63. The Morgan fingerprint density at radius 1 is 1.05 bits per heavy atom. The maximum atomic E-state index is 13.3. The number of benzene rings is 1. The average molecular weight is 522 g/mol. The number of hydrogen-bond acceptors (Lipinski definition) is 5. The number of carbonyl (C=O) groups is 2. The first-order valence-corrected chi connectivity index (χ1v) is 14.7. The molecule has 208 valence electrons. The lowest BCUT2D eigenvalue weighted by atomic mass is 9.36. The van der Waals surface area contributed by atoms with E-state index in [1.807, 2.05) is 18.2 Å². The van der Waals surface area contributed by atoms with Gasteiger partial charge in [0.1, 0.15) is 6.10 Å². The van der Waals surface area contributed by atoms with E-state index in [1.54, 1.807) is 6.92 Å². The van der Waals surface area contributed by atoms with E-state index in [0.717, 1.165) is 48.8 Å². The number of allylic oxidation sites excluding steroid dienone is 1. The van der Waals surface area contributed by atoms with Gasteiger partial charge in [-0.25, -0.2) is 0 Å². The third-order valence-corrected chi connectivity index (χ3v) is 12.1. The Balaban J connectivity index is 1.63. The summed E-state index contributed by atoms with van der Waals surface area (Å²) in [5.74, 6) is 0.926. The quantitative estimate of drug-likeness (QED) is 0.396. The van der Waals surface area contributed by atoms with E-state index in [-0.39, 0.29) is 46.1 Å². The molecule has 0 bridgehead atoms. The number of fused-ring (bicyclic) bond motifs is 5. The van der Waals surface area contributed by atoms with Crippen LogP contribution in [0.2, 0.25) is 0 Å². The zero-order chi connectivity index (χ0) is 27.6. The summed E-state index contributed by atoms with van der Waals surface area (Å²) < 4.78 is 6.05. The number of rotatable bonds is 4. The normalized spacial score (nSPS) is 45.4. The van der Waals surface area contributed by atoms with Gasteiger partial charge in [-0.15, -0.1) is 0 Å². The molecule has 0 aromatic heterocycles. The van der Waals surface area contributed by atoms with Gasteiger partial charge in [0.05, 0.1) is 6.10 Å². The van der Waals surface area contributed by atoms with Gasteiger partial charge in [-0.3, -0.25) is 9.59 Å². The van der Waals surface area contributed by atoms with Crippen molar-refractivity contribution in [1.82, 2.24) is 0 Å². The highest BCUT2D eigenvalue weighted by Gasteiger charge is 2.70. The largest absolute Gasteiger partial charge is 0.458 e. The van der Waals surface area contributed by atoms with Crippen molar-refractivity contribution in [2.24, 2.45) is 45.7 Å². The van der Waals surface area contributed by atoms with E-state index in [2.05, 4.69) is 39.8 Å². The Bertz CT molecular complexity index is 1130. The highest BCUT2D eigenvalue weighted by molar-refractivity contribution is 5.95. The number of ether oxygens (including phenoxy) is 1. The highest BCUT2D eigenvalue weighted by Crippen LogP contribution is 2.74. The van der Waals surface area contributed by atoms with Gasteiger partial charge in [-0.2, -0.15) is 0 Å². The van der Waals surface area contributed by atoms with Gasteiger partial charge < -0.3 is 15.6 Å². The van der Waals surface area contributed by atoms with Crippen molar-refractivity contribution >= 4 is 11.8 Å². The van der Waals surface area contributed by atoms with Crippen molar-refractivity contribution in [2.75, 3.05) is 0 Å². The SMILES string of the molecule is CC(=O)O[C@H]1C[C@@]2(C)[C@H](/C1=C(\Cc1ccccc1)C(C)=O)[C@H](N)C[C@H]1[C@@]3(C)CC[C@@H](O)[C@@H](C)[C@@H]3CC[C@@]12C. The first-order chi connectivity index (χ1) is 17.8. The van der Waals surface area contributed by atoms with Crippen molar-refractivity contribution in [3.8, 4) is 0 Å². The van der Waals surface area contributed by atoms with Gasteiger partial charge >= 0.3 is 5.97 Å². The third kappa shape index (κ3) is 4.02. The topological polar surface area (TPSA) is 89.6 Å². The lowest BCUT2D eigenvalue weighted by Gasteiger charge is -2.68. The molecule has 38 heavy (non-hydrogen) atoms. The molecular weight excluding hydrogens is 474 g/mol. The van der Waals surface area contributed by atoms with Gasteiger partial charge in [0.2, 0.25) is 0 Å². The van der Waals surface area contributed by atoms with Crippen LogP contribution in [0.15, 0.2) is 41.5 Å². The fourth-order valence-corrected chi connectivity index (χ4v) is 10.2. The number of nitrogens with two attached hydrogens (primary N) is 1. The Morgan fingerprint density at radius 2 is 1.74 bits per heavy atom. The molecule has 0 radical (unpaired) electrons. The lowest BCUT2D eigenvalue weighted by molar-refractivity contribution is -0.201. The molecule has 0 aliphatic heterocycles. The van der Waals surface area contributed by atoms with E-state index in [9.17, 15) is 14.7 Å². The maximum Gasteiger partial charge on any atom is 0.303 e. The maximum absolute atomic E-state index is 13.3. The van der Waals surface area contributed by atoms with Crippen LogP contribution in [0.1, 0.15) is 85.6 Å². The minimum Gasteiger partial charge on any atom is -0.458 e. The molecule has 0 spiro atoms. The summed E-state index contributed by atoms with van der Waals surface area (Å²) in [6.07, 6.45) is 5.54. The Labute approximate surface area is 228 Å².